The number of nitrogens with one attached hydrogen (secondary N) is 1. The summed E-state index contributed by atoms with van der Waals surface area (Å²) < 4.78 is 19.6. The Bertz CT molecular complexity index is 442. The maximum absolute atomic E-state index is 14.2. The van der Waals surface area contributed by atoms with Crippen LogP contribution in [0.15, 0.2) is 24.3 Å². The van der Waals surface area contributed by atoms with Crippen molar-refractivity contribution < 1.29 is 9.13 Å². The van der Waals surface area contributed by atoms with Gasteiger partial charge in [-0.15, -0.1) is 0 Å². The zero-order valence-corrected chi connectivity index (χ0v) is 12.6. The van der Waals surface area contributed by atoms with E-state index in [0.29, 0.717) is 6.04 Å². The zero-order chi connectivity index (χ0) is 14.5. The van der Waals surface area contributed by atoms with Gasteiger partial charge in [-0.1, -0.05) is 18.2 Å². The first-order valence-electron chi connectivity index (χ1n) is 8.14. The molecule has 3 rings (SSSR count). The standard InChI is InChI=1S/C17H25FN2O/c18-16-6-2-1-5-15(16)17(20-9-3-4-10-20)13-19-14-7-11-21-12-8-14/h1-2,5-6,14,17,19H,3-4,7-13H2/t17-/m1/s1. The van der Waals surface area contributed by atoms with Crippen LogP contribution in [0.4, 0.5) is 4.39 Å². The van der Waals surface area contributed by atoms with Crippen LogP contribution in [0, 0.1) is 5.82 Å². The van der Waals surface area contributed by atoms with Crippen molar-refractivity contribution in [1.29, 1.82) is 0 Å². The lowest BCUT2D eigenvalue weighted by Crippen LogP contribution is -2.41. The van der Waals surface area contributed by atoms with Crippen LogP contribution in [0.1, 0.15) is 37.3 Å². The van der Waals surface area contributed by atoms with Gasteiger partial charge in [0.2, 0.25) is 0 Å². The largest absolute Gasteiger partial charge is 0.381 e. The van der Waals surface area contributed by atoms with Gasteiger partial charge in [0, 0.05) is 31.4 Å². The third kappa shape index (κ3) is 3.82. The van der Waals surface area contributed by atoms with Crippen LogP contribution in [-0.2, 0) is 4.74 Å². The SMILES string of the molecule is Fc1ccccc1[C@@H](CNC1CCOCC1)N1CCCC1. The van der Waals surface area contributed by atoms with E-state index in [2.05, 4.69) is 10.2 Å². The summed E-state index contributed by atoms with van der Waals surface area (Å²) in [5, 5.41) is 3.64. The Kier molecular flexibility index (Phi) is 5.22. The van der Waals surface area contributed by atoms with Crippen LogP contribution in [0.2, 0.25) is 0 Å². The maximum atomic E-state index is 14.2. The second kappa shape index (κ2) is 7.34. The first-order chi connectivity index (χ1) is 10.3. The minimum atomic E-state index is -0.0804. The number of likely N-dealkylation sites (tertiary alicyclic amines) is 1. The van der Waals surface area contributed by atoms with Crippen LogP contribution in [0.3, 0.4) is 0 Å². The van der Waals surface area contributed by atoms with Crippen molar-refractivity contribution in [2.75, 3.05) is 32.8 Å². The predicted molar refractivity (Wildman–Crippen MR) is 81.8 cm³/mol. The molecule has 4 heteroatoms. The lowest BCUT2D eigenvalue weighted by Gasteiger charge is -2.31. The molecular formula is C17H25FN2O. The molecule has 0 aliphatic carbocycles. The van der Waals surface area contributed by atoms with Gasteiger partial charge in [-0.3, -0.25) is 4.90 Å². The summed E-state index contributed by atoms with van der Waals surface area (Å²) in [6.45, 7) is 4.66. The Hall–Kier alpha value is -0.970. The van der Waals surface area contributed by atoms with Gasteiger partial charge in [-0.2, -0.15) is 0 Å². The summed E-state index contributed by atoms with van der Waals surface area (Å²) in [7, 11) is 0. The van der Waals surface area contributed by atoms with Gasteiger partial charge >= 0.3 is 0 Å². The summed E-state index contributed by atoms with van der Waals surface area (Å²) in [6, 6.07) is 7.88. The lowest BCUT2D eigenvalue weighted by molar-refractivity contribution is 0.0753. The van der Waals surface area contributed by atoms with Crippen molar-refractivity contribution in [3.8, 4) is 0 Å². The third-order valence-electron chi connectivity index (χ3n) is 4.67. The molecule has 1 aromatic carbocycles. The fourth-order valence-electron chi connectivity index (χ4n) is 3.41. The van der Waals surface area contributed by atoms with Crippen LogP contribution >= 0.6 is 0 Å². The predicted octanol–water partition coefficient (Wildman–Crippen LogP) is 2.73. The van der Waals surface area contributed by atoms with Crippen molar-refractivity contribution in [2.45, 2.75) is 37.8 Å². The van der Waals surface area contributed by atoms with E-state index >= 15 is 0 Å². The molecule has 2 fully saturated rings. The topological polar surface area (TPSA) is 24.5 Å². The fraction of sp³-hybridized carbons (Fsp3) is 0.647. The molecule has 3 nitrogen and oxygen atoms in total. The molecule has 0 bridgehead atoms. The first kappa shape index (κ1) is 14.9. The molecule has 0 spiro atoms. The van der Waals surface area contributed by atoms with E-state index in [4.69, 9.17) is 4.74 Å². The van der Waals surface area contributed by atoms with Crippen LogP contribution < -0.4 is 5.32 Å². The molecule has 0 amide bonds. The van der Waals surface area contributed by atoms with Crippen molar-refractivity contribution in [3.63, 3.8) is 0 Å². The second-order valence-electron chi connectivity index (χ2n) is 6.08. The molecule has 2 heterocycles. The van der Waals surface area contributed by atoms with Crippen LogP contribution in [0.5, 0.6) is 0 Å². The minimum Gasteiger partial charge on any atom is -0.381 e. The third-order valence-corrected chi connectivity index (χ3v) is 4.67. The highest BCUT2D eigenvalue weighted by Gasteiger charge is 2.26. The molecule has 116 valence electrons. The number of hydrogen-bond acceptors (Lipinski definition) is 3. The number of halogens is 1. The van der Waals surface area contributed by atoms with Gasteiger partial charge in [0.15, 0.2) is 0 Å². The molecule has 0 unspecified atom stereocenters. The van der Waals surface area contributed by atoms with E-state index in [0.717, 1.165) is 51.3 Å². The number of nitrogens with zero attached hydrogens (tertiary/aromatic N) is 1. The Labute approximate surface area is 126 Å². The van der Waals surface area contributed by atoms with E-state index in [1.165, 1.54) is 12.8 Å². The van der Waals surface area contributed by atoms with E-state index in [-0.39, 0.29) is 11.9 Å². The molecule has 2 aliphatic rings. The van der Waals surface area contributed by atoms with Gasteiger partial charge in [0.25, 0.3) is 0 Å². The minimum absolute atomic E-state index is 0.0804. The molecule has 2 saturated heterocycles. The van der Waals surface area contributed by atoms with Gasteiger partial charge in [0.05, 0.1) is 6.04 Å². The smallest absolute Gasteiger partial charge is 0.128 e. The fourth-order valence-corrected chi connectivity index (χ4v) is 3.41. The Morgan fingerprint density at radius 1 is 1.19 bits per heavy atom. The van der Waals surface area contributed by atoms with Crippen molar-refractivity contribution in [2.24, 2.45) is 0 Å². The van der Waals surface area contributed by atoms with Crippen LogP contribution in [0.25, 0.3) is 0 Å². The zero-order valence-electron chi connectivity index (χ0n) is 12.6. The summed E-state index contributed by atoms with van der Waals surface area (Å²) >= 11 is 0. The van der Waals surface area contributed by atoms with Gasteiger partial charge < -0.3 is 10.1 Å². The lowest BCUT2D eigenvalue weighted by atomic mass is 10.0. The molecule has 21 heavy (non-hydrogen) atoms. The molecule has 0 aromatic heterocycles. The summed E-state index contributed by atoms with van der Waals surface area (Å²) in [5.74, 6) is -0.0804. The van der Waals surface area contributed by atoms with Crippen molar-refractivity contribution in [3.05, 3.63) is 35.6 Å². The van der Waals surface area contributed by atoms with E-state index in [1.54, 1.807) is 12.1 Å². The molecule has 1 atom stereocenters. The second-order valence-corrected chi connectivity index (χ2v) is 6.08. The summed E-state index contributed by atoms with van der Waals surface area (Å²) in [6.07, 6.45) is 4.57. The monoisotopic (exact) mass is 292 g/mol. The number of hydrogen-bond donors (Lipinski definition) is 1. The first-order valence-corrected chi connectivity index (χ1v) is 8.14. The number of rotatable bonds is 5. The van der Waals surface area contributed by atoms with Gasteiger partial charge in [-0.05, 0) is 44.8 Å². The average molecular weight is 292 g/mol. The van der Waals surface area contributed by atoms with Crippen molar-refractivity contribution in [1.82, 2.24) is 10.2 Å². The van der Waals surface area contributed by atoms with E-state index in [1.807, 2.05) is 12.1 Å². The highest BCUT2D eigenvalue weighted by atomic mass is 19.1. The normalized spacial score (nSPS) is 22.5. The maximum Gasteiger partial charge on any atom is 0.128 e. The Morgan fingerprint density at radius 2 is 1.90 bits per heavy atom. The highest BCUT2D eigenvalue weighted by molar-refractivity contribution is 5.22. The quantitative estimate of drug-likeness (QED) is 0.903. The Balaban J connectivity index is 1.68. The van der Waals surface area contributed by atoms with Crippen molar-refractivity contribution >= 4 is 0 Å². The number of benzene rings is 1. The molecule has 1 aromatic rings. The van der Waals surface area contributed by atoms with E-state index < -0.39 is 0 Å². The van der Waals surface area contributed by atoms with Gasteiger partial charge in [-0.25, -0.2) is 4.39 Å². The van der Waals surface area contributed by atoms with Crippen LogP contribution in [-0.4, -0.2) is 43.8 Å². The average Bonchev–Trinajstić information content (AvgIpc) is 3.04. The number of ether oxygens (including phenoxy) is 1. The molecule has 2 aliphatic heterocycles. The van der Waals surface area contributed by atoms with Gasteiger partial charge in [0.1, 0.15) is 5.82 Å². The Morgan fingerprint density at radius 3 is 2.62 bits per heavy atom. The molecule has 1 N–H and O–H groups in total. The molecule has 0 saturated carbocycles. The highest BCUT2D eigenvalue weighted by Crippen LogP contribution is 2.26. The summed E-state index contributed by atoms with van der Waals surface area (Å²) in [4.78, 5) is 2.42. The molecule has 0 radical (unpaired) electrons. The molecular weight excluding hydrogens is 267 g/mol. The summed E-state index contributed by atoms with van der Waals surface area (Å²) in [5.41, 5.74) is 0.832. The van der Waals surface area contributed by atoms with E-state index in [9.17, 15) is 4.39 Å².